The number of benzene rings is 1. The molecule has 1 aliphatic carbocycles. The lowest BCUT2D eigenvalue weighted by Crippen LogP contribution is -2.55. The van der Waals surface area contributed by atoms with Crippen LogP contribution in [-0.4, -0.2) is 29.6 Å². The second kappa shape index (κ2) is 7.49. The molecule has 0 aromatic heterocycles. The summed E-state index contributed by atoms with van der Waals surface area (Å²) in [7, 11) is 1.61. The Kier molecular flexibility index (Phi) is 5.64. The highest BCUT2D eigenvalue weighted by Crippen LogP contribution is 2.29. The van der Waals surface area contributed by atoms with Crippen molar-refractivity contribution in [1.29, 1.82) is 0 Å². The third-order valence-corrected chi connectivity index (χ3v) is 4.67. The predicted molar refractivity (Wildman–Crippen MR) is 87.6 cm³/mol. The van der Waals surface area contributed by atoms with E-state index in [2.05, 4.69) is 5.32 Å². The number of nitrogens with one attached hydrogen (secondary N) is 1. The first kappa shape index (κ1) is 17.3. The fraction of sp³-hybridized carbons (Fsp3) is 0.556. The molecule has 0 saturated heterocycles. The molecule has 126 valence electrons. The average Bonchev–Trinajstić information content (AvgIpc) is 2.55. The zero-order valence-corrected chi connectivity index (χ0v) is 13.8. The fourth-order valence-corrected chi connectivity index (χ4v) is 3.19. The van der Waals surface area contributed by atoms with Gasteiger partial charge in [-0.05, 0) is 36.5 Å². The molecule has 23 heavy (non-hydrogen) atoms. The van der Waals surface area contributed by atoms with E-state index in [-0.39, 0.29) is 18.2 Å². The minimum absolute atomic E-state index is 0.0235. The van der Waals surface area contributed by atoms with Gasteiger partial charge in [0.05, 0.1) is 7.11 Å². The molecule has 0 aliphatic heterocycles. The minimum Gasteiger partial charge on any atom is -0.497 e. The number of carboxylic acids is 1. The first-order chi connectivity index (χ1) is 11.0. The second-order valence-electron chi connectivity index (χ2n) is 6.37. The van der Waals surface area contributed by atoms with Crippen LogP contribution in [0.5, 0.6) is 5.75 Å². The Morgan fingerprint density at radius 2 is 1.83 bits per heavy atom. The van der Waals surface area contributed by atoms with E-state index in [1.54, 1.807) is 7.11 Å². The number of hydrogen-bond donors (Lipinski definition) is 2. The molecule has 1 aromatic rings. The monoisotopic (exact) mass is 319 g/mol. The van der Waals surface area contributed by atoms with E-state index < -0.39 is 11.5 Å². The fourth-order valence-electron chi connectivity index (χ4n) is 3.19. The van der Waals surface area contributed by atoms with E-state index in [0.29, 0.717) is 12.8 Å². The van der Waals surface area contributed by atoms with Crippen LogP contribution in [0.25, 0.3) is 0 Å². The Labute approximate surface area is 137 Å². The van der Waals surface area contributed by atoms with Gasteiger partial charge in [-0.15, -0.1) is 0 Å². The van der Waals surface area contributed by atoms with E-state index >= 15 is 0 Å². The quantitative estimate of drug-likeness (QED) is 0.845. The SMILES string of the molecule is COc1ccc(C(C)CC(=O)NC2(C(=O)O)CCCCC2)cc1. The van der Waals surface area contributed by atoms with Crippen LogP contribution in [0.1, 0.15) is 56.9 Å². The predicted octanol–water partition coefficient (Wildman–Crippen LogP) is 3.09. The standard InChI is InChI=1S/C18H25NO4/c1-13(14-6-8-15(23-2)9-7-14)12-16(20)19-18(17(21)22)10-4-3-5-11-18/h6-9,13H,3-5,10-12H2,1-2H3,(H,19,20)(H,21,22). The van der Waals surface area contributed by atoms with Crippen LogP contribution in [0.2, 0.25) is 0 Å². The number of aliphatic carboxylic acids is 1. The van der Waals surface area contributed by atoms with Crippen LogP contribution >= 0.6 is 0 Å². The summed E-state index contributed by atoms with van der Waals surface area (Å²) in [5.41, 5.74) is -0.0384. The number of carbonyl (C=O) groups is 2. The molecule has 1 saturated carbocycles. The molecule has 0 radical (unpaired) electrons. The van der Waals surface area contributed by atoms with Crippen molar-refractivity contribution < 1.29 is 19.4 Å². The zero-order chi connectivity index (χ0) is 16.9. The Morgan fingerprint density at radius 1 is 1.22 bits per heavy atom. The van der Waals surface area contributed by atoms with Gasteiger partial charge in [-0.2, -0.15) is 0 Å². The van der Waals surface area contributed by atoms with Crippen LogP contribution in [-0.2, 0) is 9.59 Å². The Bertz CT molecular complexity index is 547. The van der Waals surface area contributed by atoms with Crippen molar-refractivity contribution in [1.82, 2.24) is 5.32 Å². The summed E-state index contributed by atoms with van der Waals surface area (Å²) in [4.78, 5) is 23.9. The van der Waals surface area contributed by atoms with E-state index in [0.717, 1.165) is 30.6 Å². The van der Waals surface area contributed by atoms with Gasteiger partial charge in [0.2, 0.25) is 5.91 Å². The van der Waals surface area contributed by atoms with Gasteiger partial charge in [0.25, 0.3) is 0 Å². The topological polar surface area (TPSA) is 75.6 Å². The van der Waals surface area contributed by atoms with Crippen molar-refractivity contribution in [3.8, 4) is 5.75 Å². The summed E-state index contributed by atoms with van der Waals surface area (Å²) < 4.78 is 5.13. The number of carbonyl (C=O) groups excluding carboxylic acids is 1. The van der Waals surface area contributed by atoms with Crippen molar-refractivity contribution in [2.45, 2.75) is 56.9 Å². The summed E-state index contributed by atoms with van der Waals surface area (Å²) in [6, 6.07) is 7.60. The molecule has 0 bridgehead atoms. The van der Waals surface area contributed by atoms with Gasteiger partial charge < -0.3 is 15.2 Å². The highest BCUT2D eigenvalue weighted by Gasteiger charge is 2.40. The van der Waals surface area contributed by atoms with E-state index in [9.17, 15) is 14.7 Å². The highest BCUT2D eigenvalue weighted by molar-refractivity contribution is 5.87. The maximum Gasteiger partial charge on any atom is 0.329 e. The summed E-state index contributed by atoms with van der Waals surface area (Å²) in [6.45, 7) is 1.97. The molecule has 1 aromatic carbocycles. The van der Waals surface area contributed by atoms with Crippen molar-refractivity contribution in [3.63, 3.8) is 0 Å². The van der Waals surface area contributed by atoms with Gasteiger partial charge in [-0.3, -0.25) is 4.79 Å². The van der Waals surface area contributed by atoms with Crippen molar-refractivity contribution >= 4 is 11.9 Å². The number of rotatable bonds is 6. The number of methoxy groups -OCH3 is 1. The molecule has 1 fully saturated rings. The molecular formula is C18H25NO4. The minimum atomic E-state index is -1.07. The number of ether oxygens (including phenoxy) is 1. The van der Waals surface area contributed by atoms with Crippen LogP contribution in [0.4, 0.5) is 0 Å². The van der Waals surface area contributed by atoms with Gasteiger partial charge in [-0.1, -0.05) is 38.3 Å². The Morgan fingerprint density at radius 3 is 2.35 bits per heavy atom. The number of amides is 1. The van der Waals surface area contributed by atoms with Crippen LogP contribution in [0.3, 0.4) is 0 Å². The van der Waals surface area contributed by atoms with E-state index in [4.69, 9.17) is 4.74 Å². The molecule has 2 rings (SSSR count). The lowest BCUT2D eigenvalue weighted by atomic mass is 9.81. The molecule has 5 heteroatoms. The normalized spacial score (nSPS) is 18.0. The molecule has 0 heterocycles. The molecule has 2 N–H and O–H groups in total. The maximum absolute atomic E-state index is 12.3. The third-order valence-electron chi connectivity index (χ3n) is 4.67. The number of hydrogen-bond acceptors (Lipinski definition) is 3. The lowest BCUT2D eigenvalue weighted by molar-refractivity contribution is -0.149. The van der Waals surface area contributed by atoms with Gasteiger partial charge >= 0.3 is 5.97 Å². The van der Waals surface area contributed by atoms with E-state index in [1.165, 1.54) is 0 Å². The first-order valence-corrected chi connectivity index (χ1v) is 8.15. The molecule has 1 aliphatic rings. The summed E-state index contributed by atoms with van der Waals surface area (Å²) in [6.07, 6.45) is 4.05. The Balaban J connectivity index is 1.98. The highest BCUT2D eigenvalue weighted by atomic mass is 16.5. The second-order valence-corrected chi connectivity index (χ2v) is 6.37. The lowest BCUT2D eigenvalue weighted by Gasteiger charge is -2.34. The maximum atomic E-state index is 12.3. The largest absolute Gasteiger partial charge is 0.497 e. The average molecular weight is 319 g/mol. The van der Waals surface area contributed by atoms with Gasteiger partial charge in [-0.25, -0.2) is 4.79 Å². The summed E-state index contributed by atoms with van der Waals surface area (Å²) >= 11 is 0. The first-order valence-electron chi connectivity index (χ1n) is 8.15. The van der Waals surface area contributed by atoms with Crippen molar-refractivity contribution in [2.24, 2.45) is 0 Å². The summed E-state index contributed by atoms with van der Waals surface area (Å²) in [5.74, 6) is -0.312. The molecule has 0 spiro atoms. The molecule has 1 atom stereocenters. The van der Waals surface area contributed by atoms with Gasteiger partial charge in [0, 0.05) is 6.42 Å². The van der Waals surface area contributed by atoms with Crippen molar-refractivity contribution in [2.75, 3.05) is 7.11 Å². The zero-order valence-electron chi connectivity index (χ0n) is 13.8. The van der Waals surface area contributed by atoms with Gasteiger partial charge in [0.15, 0.2) is 0 Å². The number of carboxylic acid groups (broad SMARTS) is 1. The molecule has 1 amide bonds. The smallest absolute Gasteiger partial charge is 0.329 e. The molecular weight excluding hydrogens is 294 g/mol. The Hall–Kier alpha value is -2.04. The van der Waals surface area contributed by atoms with E-state index in [1.807, 2.05) is 31.2 Å². The summed E-state index contributed by atoms with van der Waals surface area (Å²) in [5, 5.41) is 12.3. The van der Waals surface area contributed by atoms with Gasteiger partial charge in [0.1, 0.15) is 11.3 Å². The third kappa shape index (κ3) is 4.24. The van der Waals surface area contributed by atoms with Crippen molar-refractivity contribution in [3.05, 3.63) is 29.8 Å². The molecule has 5 nitrogen and oxygen atoms in total. The van der Waals surface area contributed by atoms with Crippen LogP contribution in [0, 0.1) is 0 Å². The molecule has 1 unspecified atom stereocenters. The van der Waals surface area contributed by atoms with Crippen LogP contribution < -0.4 is 10.1 Å². The van der Waals surface area contributed by atoms with Crippen LogP contribution in [0.15, 0.2) is 24.3 Å².